The molecule has 0 N–H and O–H groups in total. The van der Waals surface area contributed by atoms with Crippen LogP contribution >= 0.6 is 11.3 Å². The summed E-state index contributed by atoms with van der Waals surface area (Å²) in [6.07, 6.45) is 0. The lowest BCUT2D eigenvalue weighted by Gasteiger charge is -2.15. The number of nitrogens with zero attached hydrogens (tertiary/aromatic N) is 4. The van der Waals surface area contributed by atoms with E-state index in [1.807, 2.05) is 30.3 Å². The monoisotopic (exact) mass is 672 g/mol. The van der Waals surface area contributed by atoms with Gasteiger partial charge in [-0.1, -0.05) is 140 Å². The number of thiophene rings is 1. The van der Waals surface area contributed by atoms with Gasteiger partial charge in [-0.25, -0.2) is 19.9 Å². The van der Waals surface area contributed by atoms with Gasteiger partial charge in [-0.2, -0.15) is 0 Å². The lowest BCUT2D eigenvalue weighted by atomic mass is 9.97. The predicted molar refractivity (Wildman–Crippen MR) is 213 cm³/mol. The summed E-state index contributed by atoms with van der Waals surface area (Å²) in [6, 6.07) is 54.6. The minimum absolute atomic E-state index is 0.714. The Morgan fingerprint density at radius 3 is 1.67 bits per heavy atom. The van der Waals surface area contributed by atoms with Crippen molar-refractivity contribution in [3.63, 3.8) is 0 Å². The Kier molecular flexibility index (Phi) is 7.75. The second-order valence-corrected chi connectivity index (χ2v) is 13.8. The highest BCUT2D eigenvalue weighted by Crippen LogP contribution is 2.42. The zero-order valence-electron chi connectivity index (χ0n) is 28.2. The van der Waals surface area contributed by atoms with Gasteiger partial charge in [0.25, 0.3) is 0 Å². The summed E-state index contributed by atoms with van der Waals surface area (Å²) in [5, 5.41) is 2.34. The molecular weight excluding hydrogens is 641 g/mol. The second-order valence-electron chi connectivity index (χ2n) is 12.7. The number of benzene rings is 6. The molecule has 0 bridgehead atoms. The van der Waals surface area contributed by atoms with Gasteiger partial charge < -0.3 is 0 Å². The van der Waals surface area contributed by atoms with Gasteiger partial charge in [-0.05, 0) is 37.6 Å². The third kappa shape index (κ3) is 5.68. The lowest BCUT2D eigenvalue weighted by molar-refractivity contribution is 1.14. The molecule has 3 aromatic heterocycles. The van der Waals surface area contributed by atoms with E-state index in [1.165, 1.54) is 25.7 Å². The SMILES string of the molecule is Cc1ccccc1-c1nc(-c2ccccc2)nc(-c2ccc3c(c2)sc2cccc(-c4nc(-c5ccccc5)cc(-c5ccccc5)n4)c23)c1C. The normalized spacial score (nSPS) is 11.3. The number of aryl methyl sites for hydroxylation is 1. The summed E-state index contributed by atoms with van der Waals surface area (Å²) in [5.41, 5.74) is 12.3. The molecule has 0 aliphatic carbocycles. The van der Waals surface area contributed by atoms with Gasteiger partial charge in [0.05, 0.1) is 22.8 Å². The zero-order chi connectivity index (χ0) is 34.3. The summed E-state index contributed by atoms with van der Waals surface area (Å²) in [5.74, 6) is 1.43. The van der Waals surface area contributed by atoms with Crippen LogP contribution in [0.4, 0.5) is 0 Å². The molecule has 9 rings (SSSR count). The van der Waals surface area contributed by atoms with Crippen LogP contribution in [0.3, 0.4) is 0 Å². The first kappa shape index (κ1) is 30.7. The Morgan fingerprint density at radius 1 is 0.412 bits per heavy atom. The molecule has 0 fully saturated rings. The molecule has 242 valence electrons. The van der Waals surface area contributed by atoms with Crippen LogP contribution in [0.15, 0.2) is 158 Å². The summed E-state index contributed by atoms with van der Waals surface area (Å²) in [4.78, 5) is 20.7. The van der Waals surface area contributed by atoms with Crippen molar-refractivity contribution in [1.82, 2.24) is 19.9 Å². The van der Waals surface area contributed by atoms with Crippen LogP contribution in [-0.2, 0) is 0 Å². The van der Waals surface area contributed by atoms with Crippen molar-refractivity contribution in [3.8, 4) is 67.8 Å². The maximum atomic E-state index is 5.20. The number of rotatable bonds is 6. The maximum Gasteiger partial charge on any atom is 0.161 e. The highest BCUT2D eigenvalue weighted by molar-refractivity contribution is 7.26. The average molecular weight is 673 g/mol. The molecule has 4 nitrogen and oxygen atoms in total. The second kappa shape index (κ2) is 12.9. The van der Waals surface area contributed by atoms with Gasteiger partial charge in [0.15, 0.2) is 11.6 Å². The van der Waals surface area contributed by atoms with Crippen molar-refractivity contribution in [2.24, 2.45) is 0 Å². The predicted octanol–water partition coefficient (Wildman–Crippen LogP) is 12.3. The molecule has 9 aromatic rings. The van der Waals surface area contributed by atoms with Crippen LogP contribution in [0, 0.1) is 13.8 Å². The van der Waals surface area contributed by atoms with Crippen LogP contribution < -0.4 is 0 Å². The topological polar surface area (TPSA) is 51.6 Å². The number of hydrogen-bond acceptors (Lipinski definition) is 5. The first-order valence-corrected chi connectivity index (χ1v) is 17.9. The minimum atomic E-state index is 0.714. The van der Waals surface area contributed by atoms with Gasteiger partial charge in [-0.3, -0.25) is 0 Å². The lowest BCUT2D eigenvalue weighted by Crippen LogP contribution is -2.01. The molecule has 0 atom stereocenters. The smallest absolute Gasteiger partial charge is 0.161 e. The third-order valence-electron chi connectivity index (χ3n) is 9.45. The number of aromatic nitrogens is 4. The van der Waals surface area contributed by atoms with E-state index < -0.39 is 0 Å². The molecule has 3 heterocycles. The quantitative estimate of drug-likeness (QED) is 0.176. The molecular formula is C46H32N4S. The highest BCUT2D eigenvalue weighted by Gasteiger charge is 2.20. The molecule has 5 heteroatoms. The van der Waals surface area contributed by atoms with E-state index in [1.54, 1.807) is 11.3 Å². The van der Waals surface area contributed by atoms with Crippen molar-refractivity contribution in [2.75, 3.05) is 0 Å². The Bertz CT molecular complexity index is 2640. The van der Waals surface area contributed by atoms with Crippen LogP contribution in [0.25, 0.3) is 88.0 Å². The third-order valence-corrected chi connectivity index (χ3v) is 10.6. The van der Waals surface area contributed by atoms with Crippen molar-refractivity contribution in [1.29, 1.82) is 0 Å². The van der Waals surface area contributed by atoms with Gasteiger partial charge in [-0.15, -0.1) is 11.3 Å². The highest BCUT2D eigenvalue weighted by atomic mass is 32.1. The molecule has 0 aliphatic rings. The van der Waals surface area contributed by atoms with E-state index in [4.69, 9.17) is 19.9 Å². The zero-order valence-corrected chi connectivity index (χ0v) is 29.0. The number of fused-ring (bicyclic) bond motifs is 3. The molecule has 0 saturated heterocycles. The molecule has 6 aromatic carbocycles. The Balaban J connectivity index is 1.23. The van der Waals surface area contributed by atoms with E-state index >= 15 is 0 Å². The summed E-state index contributed by atoms with van der Waals surface area (Å²) in [6.45, 7) is 4.28. The summed E-state index contributed by atoms with van der Waals surface area (Å²) >= 11 is 1.79. The molecule has 0 amide bonds. The Hall–Kier alpha value is -6.30. The fourth-order valence-electron chi connectivity index (χ4n) is 6.86. The maximum absolute atomic E-state index is 5.20. The summed E-state index contributed by atoms with van der Waals surface area (Å²) < 4.78 is 2.38. The first-order valence-electron chi connectivity index (χ1n) is 17.1. The van der Waals surface area contributed by atoms with E-state index in [2.05, 4.69) is 141 Å². The molecule has 0 saturated carbocycles. The van der Waals surface area contributed by atoms with Gasteiger partial charge >= 0.3 is 0 Å². The molecule has 0 unspecified atom stereocenters. The van der Waals surface area contributed by atoms with E-state index in [-0.39, 0.29) is 0 Å². The van der Waals surface area contributed by atoms with Gasteiger partial charge in [0, 0.05) is 59.1 Å². The van der Waals surface area contributed by atoms with Gasteiger partial charge in [0.2, 0.25) is 0 Å². The van der Waals surface area contributed by atoms with Crippen molar-refractivity contribution >= 4 is 31.5 Å². The summed E-state index contributed by atoms with van der Waals surface area (Å²) in [7, 11) is 0. The Morgan fingerprint density at radius 2 is 1.00 bits per heavy atom. The Labute approximate surface area is 300 Å². The fraction of sp³-hybridized carbons (Fsp3) is 0.0435. The standard InChI is InChI=1S/C46H32N4S/c1-29-15-12-13-22-35(29)44-30(2)43(49-45(50-44)33-20-10-5-11-21-33)34-25-26-36-41(27-34)51-40-24-14-23-37(42(36)40)46-47-38(31-16-6-3-7-17-31)28-39(48-46)32-18-8-4-9-19-32/h3-28H,1-2H3. The minimum Gasteiger partial charge on any atom is -0.228 e. The largest absolute Gasteiger partial charge is 0.228 e. The molecule has 51 heavy (non-hydrogen) atoms. The van der Waals surface area contributed by atoms with Crippen LogP contribution in [0.5, 0.6) is 0 Å². The van der Waals surface area contributed by atoms with Gasteiger partial charge in [0.1, 0.15) is 0 Å². The number of hydrogen-bond donors (Lipinski definition) is 0. The van der Waals surface area contributed by atoms with Crippen LogP contribution in [0.1, 0.15) is 11.1 Å². The van der Waals surface area contributed by atoms with Crippen molar-refractivity contribution in [3.05, 3.63) is 169 Å². The molecule has 0 aliphatic heterocycles. The molecule has 0 spiro atoms. The van der Waals surface area contributed by atoms with E-state index in [0.717, 1.165) is 67.5 Å². The van der Waals surface area contributed by atoms with Crippen molar-refractivity contribution in [2.45, 2.75) is 13.8 Å². The van der Waals surface area contributed by atoms with Crippen LogP contribution in [0.2, 0.25) is 0 Å². The average Bonchev–Trinajstić information content (AvgIpc) is 3.57. The first-order chi connectivity index (χ1) is 25.1. The molecule has 0 radical (unpaired) electrons. The van der Waals surface area contributed by atoms with E-state index in [9.17, 15) is 0 Å². The van der Waals surface area contributed by atoms with Crippen molar-refractivity contribution < 1.29 is 0 Å². The van der Waals surface area contributed by atoms with Crippen LogP contribution in [-0.4, -0.2) is 19.9 Å². The fourth-order valence-corrected chi connectivity index (χ4v) is 8.03. The van der Waals surface area contributed by atoms with E-state index in [0.29, 0.717) is 5.82 Å².